The summed E-state index contributed by atoms with van der Waals surface area (Å²) >= 11 is 12.0. The fourth-order valence-corrected chi connectivity index (χ4v) is 3.81. The summed E-state index contributed by atoms with van der Waals surface area (Å²) in [5.74, 6) is 0.506. The van der Waals surface area contributed by atoms with Crippen LogP contribution in [-0.2, 0) is 10.3 Å². The SMILES string of the molecule is CN(C(=O)C1CN(c2nc(Cl)ncc2Cl)C1)C(C)(C)c1cnc2ccccn12. The number of nitrogens with zero attached hydrogens (tertiary/aromatic N) is 6. The molecule has 3 aromatic rings. The second kappa shape index (κ2) is 6.90. The lowest BCUT2D eigenvalue weighted by molar-refractivity contribution is -0.140. The third-order valence-corrected chi connectivity index (χ3v) is 5.89. The topological polar surface area (TPSA) is 66.6 Å². The third-order valence-electron chi connectivity index (χ3n) is 5.44. The van der Waals surface area contributed by atoms with Crippen molar-refractivity contribution in [3.63, 3.8) is 0 Å². The van der Waals surface area contributed by atoms with Gasteiger partial charge in [0.15, 0.2) is 5.82 Å². The van der Waals surface area contributed by atoms with E-state index in [9.17, 15) is 4.79 Å². The molecule has 0 bridgehead atoms. The lowest BCUT2D eigenvalue weighted by Gasteiger charge is -2.44. The number of hydrogen-bond acceptors (Lipinski definition) is 5. The maximum absolute atomic E-state index is 13.1. The zero-order valence-corrected chi connectivity index (χ0v) is 17.3. The maximum Gasteiger partial charge on any atom is 0.229 e. The average Bonchev–Trinajstić information content (AvgIpc) is 3.07. The molecule has 9 heteroatoms. The lowest BCUT2D eigenvalue weighted by Crippen LogP contribution is -2.57. The van der Waals surface area contributed by atoms with Crippen molar-refractivity contribution >= 4 is 40.6 Å². The first-order valence-electron chi connectivity index (χ1n) is 8.92. The molecule has 1 fully saturated rings. The highest BCUT2D eigenvalue weighted by molar-refractivity contribution is 6.33. The van der Waals surface area contributed by atoms with Gasteiger partial charge in [-0.3, -0.25) is 4.79 Å². The summed E-state index contributed by atoms with van der Waals surface area (Å²) in [5, 5.41) is 0.565. The highest BCUT2D eigenvalue weighted by Gasteiger charge is 2.41. The van der Waals surface area contributed by atoms with E-state index >= 15 is 0 Å². The van der Waals surface area contributed by atoms with Crippen LogP contribution in [-0.4, -0.2) is 50.3 Å². The number of carbonyl (C=O) groups is 1. The third kappa shape index (κ3) is 3.08. The normalized spacial score (nSPS) is 15.0. The molecule has 0 aromatic carbocycles. The monoisotopic (exact) mass is 418 g/mol. The highest BCUT2D eigenvalue weighted by atomic mass is 35.5. The van der Waals surface area contributed by atoms with E-state index in [-0.39, 0.29) is 17.1 Å². The van der Waals surface area contributed by atoms with Crippen molar-refractivity contribution in [3.05, 3.63) is 52.8 Å². The largest absolute Gasteiger partial charge is 0.353 e. The van der Waals surface area contributed by atoms with Gasteiger partial charge in [0.25, 0.3) is 0 Å². The van der Waals surface area contributed by atoms with E-state index in [0.717, 1.165) is 11.3 Å². The van der Waals surface area contributed by atoms with E-state index in [1.54, 1.807) is 4.90 Å². The van der Waals surface area contributed by atoms with Gasteiger partial charge in [-0.2, -0.15) is 4.98 Å². The number of hydrogen-bond donors (Lipinski definition) is 0. The fourth-order valence-electron chi connectivity index (χ4n) is 3.47. The average molecular weight is 419 g/mol. The van der Waals surface area contributed by atoms with Crippen molar-refractivity contribution < 1.29 is 4.79 Å². The van der Waals surface area contributed by atoms with Crippen molar-refractivity contribution in [2.45, 2.75) is 19.4 Å². The predicted octanol–water partition coefficient (Wildman–Crippen LogP) is 3.26. The van der Waals surface area contributed by atoms with Crippen LogP contribution in [0.5, 0.6) is 0 Å². The molecular formula is C19H20Cl2N6O. The van der Waals surface area contributed by atoms with E-state index in [1.165, 1.54) is 6.20 Å². The van der Waals surface area contributed by atoms with Gasteiger partial charge in [0, 0.05) is 26.3 Å². The number of aromatic nitrogens is 4. The van der Waals surface area contributed by atoms with Gasteiger partial charge in [-0.15, -0.1) is 0 Å². The molecule has 1 saturated heterocycles. The molecule has 146 valence electrons. The van der Waals surface area contributed by atoms with E-state index in [1.807, 2.05) is 60.8 Å². The molecule has 1 aliphatic rings. The minimum atomic E-state index is -0.520. The summed E-state index contributed by atoms with van der Waals surface area (Å²) in [5.41, 5.74) is 1.30. The molecule has 0 spiro atoms. The van der Waals surface area contributed by atoms with E-state index in [4.69, 9.17) is 23.2 Å². The fraction of sp³-hybridized carbons (Fsp3) is 0.368. The van der Waals surface area contributed by atoms with Crippen molar-refractivity contribution in [1.82, 2.24) is 24.3 Å². The van der Waals surface area contributed by atoms with Gasteiger partial charge in [0.1, 0.15) is 10.7 Å². The van der Waals surface area contributed by atoms with Crippen LogP contribution in [0.2, 0.25) is 10.3 Å². The Kier molecular flexibility index (Phi) is 4.67. The van der Waals surface area contributed by atoms with E-state index in [0.29, 0.717) is 23.9 Å². The molecule has 0 unspecified atom stereocenters. The summed E-state index contributed by atoms with van der Waals surface area (Å²) in [6, 6.07) is 5.85. The molecule has 0 aliphatic carbocycles. The second-order valence-corrected chi connectivity index (χ2v) is 8.19. The Morgan fingerprint density at radius 1 is 1.21 bits per heavy atom. The van der Waals surface area contributed by atoms with Crippen LogP contribution in [0.25, 0.3) is 5.65 Å². The van der Waals surface area contributed by atoms with E-state index in [2.05, 4.69) is 15.0 Å². The molecular weight excluding hydrogens is 399 g/mol. The summed E-state index contributed by atoms with van der Waals surface area (Å²) in [4.78, 5) is 29.3. The molecule has 0 N–H and O–H groups in total. The number of halogens is 2. The molecule has 28 heavy (non-hydrogen) atoms. The Morgan fingerprint density at radius 2 is 1.96 bits per heavy atom. The zero-order chi connectivity index (χ0) is 20.1. The zero-order valence-electron chi connectivity index (χ0n) is 15.8. The predicted molar refractivity (Wildman–Crippen MR) is 109 cm³/mol. The first kappa shape index (κ1) is 19.0. The first-order valence-corrected chi connectivity index (χ1v) is 9.68. The first-order chi connectivity index (χ1) is 13.3. The standard InChI is InChI=1S/C19H20Cl2N6O/c1-19(2,14-9-22-15-6-4-5-7-27(14)15)25(3)17(28)12-10-26(11-12)16-13(20)8-23-18(21)24-16/h4-9,12H,10-11H2,1-3H3. The van der Waals surface area contributed by atoms with Crippen molar-refractivity contribution in [2.24, 2.45) is 5.92 Å². The Hall–Kier alpha value is -2.38. The number of pyridine rings is 1. The Bertz CT molecular complexity index is 1040. The second-order valence-electron chi connectivity index (χ2n) is 7.44. The van der Waals surface area contributed by atoms with Gasteiger partial charge in [0.05, 0.1) is 29.5 Å². The molecule has 7 nitrogen and oxygen atoms in total. The quantitative estimate of drug-likeness (QED) is 0.608. The Labute approximate surface area is 172 Å². The Morgan fingerprint density at radius 3 is 2.71 bits per heavy atom. The molecule has 1 amide bonds. The minimum absolute atomic E-state index is 0.0726. The van der Waals surface area contributed by atoms with Crippen LogP contribution >= 0.6 is 23.2 Å². The van der Waals surface area contributed by atoms with Crippen molar-refractivity contribution in [2.75, 3.05) is 25.0 Å². The van der Waals surface area contributed by atoms with Crippen LogP contribution < -0.4 is 4.90 Å². The molecule has 1 aliphatic heterocycles. The number of amides is 1. The smallest absolute Gasteiger partial charge is 0.229 e. The van der Waals surface area contributed by atoms with Crippen molar-refractivity contribution in [3.8, 4) is 0 Å². The number of carbonyl (C=O) groups excluding carboxylic acids is 1. The van der Waals surface area contributed by atoms with Crippen LogP contribution in [0.15, 0.2) is 36.8 Å². The molecule has 3 aromatic heterocycles. The summed E-state index contributed by atoms with van der Waals surface area (Å²) in [7, 11) is 1.84. The lowest BCUT2D eigenvalue weighted by atomic mass is 9.93. The van der Waals surface area contributed by atoms with Gasteiger partial charge in [-0.05, 0) is 37.6 Å². The van der Waals surface area contributed by atoms with Crippen LogP contribution in [0.4, 0.5) is 5.82 Å². The number of fused-ring (bicyclic) bond motifs is 1. The van der Waals surface area contributed by atoms with Gasteiger partial charge in [0.2, 0.25) is 11.2 Å². The van der Waals surface area contributed by atoms with Gasteiger partial charge in [-0.25, -0.2) is 9.97 Å². The van der Waals surface area contributed by atoms with Crippen LogP contribution in [0, 0.1) is 5.92 Å². The molecule has 4 rings (SSSR count). The molecule has 4 heterocycles. The number of rotatable bonds is 4. The molecule has 0 radical (unpaired) electrons. The summed E-state index contributed by atoms with van der Waals surface area (Å²) < 4.78 is 2.01. The number of imidazole rings is 1. The molecule has 0 saturated carbocycles. The summed E-state index contributed by atoms with van der Waals surface area (Å²) in [6.07, 6.45) is 5.26. The maximum atomic E-state index is 13.1. The minimum Gasteiger partial charge on any atom is -0.353 e. The highest BCUT2D eigenvalue weighted by Crippen LogP contribution is 2.33. The van der Waals surface area contributed by atoms with Gasteiger partial charge in [-0.1, -0.05) is 17.7 Å². The van der Waals surface area contributed by atoms with Gasteiger partial charge < -0.3 is 14.2 Å². The number of anilines is 1. The van der Waals surface area contributed by atoms with Crippen LogP contribution in [0.3, 0.4) is 0 Å². The molecule has 0 atom stereocenters. The van der Waals surface area contributed by atoms with Gasteiger partial charge >= 0.3 is 0 Å². The summed E-state index contributed by atoms with van der Waals surface area (Å²) in [6.45, 7) is 5.14. The van der Waals surface area contributed by atoms with Crippen LogP contribution in [0.1, 0.15) is 19.5 Å². The van der Waals surface area contributed by atoms with Crippen molar-refractivity contribution in [1.29, 1.82) is 0 Å². The van der Waals surface area contributed by atoms with E-state index < -0.39 is 5.54 Å². The Balaban J connectivity index is 1.50.